The van der Waals surface area contributed by atoms with Crippen LogP contribution < -0.4 is 20.3 Å². The summed E-state index contributed by atoms with van der Waals surface area (Å²) in [7, 11) is 0. The van der Waals surface area contributed by atoms with Crippen LogP contribution in [-0.4, -0.2) is 45.9 Å². The predicted molar refractivity (Wildman–Crippen MR) is 141 cm³/mol. The topological polar surface area (TPSA) is 118 Å². The lowest BCUT2D eigenvalue weighted by atomic mass is 10.2. The summed E-state index contributed by atoms with van der Waals surface area (Å²) < 4.78 is 58.7. The van der Waals surface area contributed by atoms with Crippen LogP contribution in [0.5, 0.6) is 11.5 Å². The average Bonchev–Trinajstić information content (AvgIpc) is 3.37. The smallest absolute Gasteiger partial charge is 0.492 e. The molecule has 0 aliphatic heterocycles. The van der Waals surface area contributed by atoms with Crippen molar-refractivity contribution in [3.05, 3.63) is 82.8 Å². The Balaban J connectivity index is 1.39. The Hall–Kier alpha value is -4.81. The van der Waals surface area contributed by atoms with E-state index in [1.165, 1.54) is 28.8 Å². The number of benzene rings is 2. The van der Waals surface area contributed by atoms with E-state index in [2.05, 4.69) is 20.2 Å². The molecular formula is C28H27F3N4O6. The molecule has 2 aromatic carbocycles. The first-order valence-electron chi connectivity index (χ1n) is 12.4. The number of alkyl halides is 3. The van der Waals surface area contributed by atoms with E-state index in [-0.39, 0.29) is 42.7 Å². The molecule has 216 valence electrons. The number of amides is 1. The standard InChI is InChI=1S/C28H27F3N4O6/c1-27(2,3)40-26(37)32-13-14-38-22-6-4-5-18(15-22)16-35-17-20(9-12-23(35)36)25-33-24(34-41-25)19-7-10-21(11-8-19)39-28(29,30)31/h4-12,15,17H,13-14,16H2,1-3H3,(H,32,37). The van der Waals surface area contributed by atoms with E-state index in [9.17, 15) is 22.8 Å². The number of hydrogen-bond acceptors (Lipinski definition) is 8. The van der Waals surface area contributed by atoms with Crippen LogP contribution in [0.3, 0.4) is 0 Å². The summed E-state index contributed by atoms with van der Waals surface area (Å²) in [5.74, 6) is 0.469. The Labute approximate surface area is 232 Å². The molecule has 2 aromatic heterocycles. The van der Waals surface area contributed by atoms with Gasteiger partial charge in [-0.2, -0.15) is 4.98 Å². The van der Waals surface area contributed by atoms with Gasteiger partial charge in [0.15, 0.2) is 0 Å². The SMILES string of the molecule is CC(C)(C)OC(=O)NCCOc1cccc(Cn2cc(-c3nc(-c4ccc(OC(F)(F)F)cc4)no3)ccc2=O)c1. The summed E-state index contributed by atoms with van der Waals surface area (Å²) in [6, 6.07) is 15.1. The number of alkyl carbamates (subject to hydrolysis) is 1. The molecule has 0 spiro atoms. The van der Waals surface area contributed by atoms with Crippen molar-refractivity contribution >= 4 is 6.09 Å². The number of aromatic nitrogens is 3. The summed E-state index contributed by atoms with van der Waals surface area (Å²) >= 11 is 0. The Bertz CT molecular complexity index is 1540. The molecule has 41 heavy (non-hydrogen) atoms. The van der Waals surface area contributed by atoms with Crippen molar-refractivity contribution < 1.29 is 36.7 Å². The van der Waals surface area contributed by atoms with Gasteiger partial charge in [0.2, 0.25) is 5.82 Å². The Kier molecular flexibility index (Phi) is 8.65. The minimum Gasteiger partial charge on any atom is -0.492 e. The first kappa shape index (κ1) is 29.2. The zero-order valence-corrected chi connectivity index (χ0v) is 22.4. The molecule has 0 saturated carbocycles. The molecular weight excluding hydrogens is 545 g/mol. The minimum absolute atomic E-state index is 0.124. The fraction of sp³-hybridized carbons (Fsp3) is 0.286. The highest BCUT2D eigenvalue weighted by molar-refractivity contribution is 5.67. The Morgan fingerprint density at radius 1 is 1.00 bits per heavy atom. The second-order valence-electron chi connectivity index (χ2n) is 9.80. The number of hydrogen-bond donors (Lipinski definition) is 1. The van der Waals surface area contributed by atoms with Crippen molar-refractivity contribution in [3.63, 3.8) is 0 Å². The van der Waals surface area contributed by atoms with Crippen molar-refractivity contribution in [3.8, 4) is 34.3 Å². The van der Waals surface area contributed by atoms with Crippen LogP contribution >= 0.6 is 0 Å². The van der Waals surface area contributed by atoms with E-state index in [0.29, 0.717) is 16.9 Å². The van der Waals surface area contributed by atoms with Crippen LogP contribution in [0.1, 0.15) is 26.3 Å². The van der Waals surface area contributed by atoms with Gasteiger partial charge in [0.1, 0.15) is 23.7 Å². The zero-order valence-electron chi connectivity index (χ0n) is 22.4. The molecule has 13 heteroatoms. The number of carbonyl (C=O) groups excluding carboxylic acids is 1. The van der Waals surface area contributed by atoms with E-state index in [1.807, 2.05) is 6.07 Å². The van der Waals surface area contributed by atoms with Crippen molar-refractivity contribution in [1.82, 2.24) is 20.0 Å². The van der Waals surface area contributed by atoms with Gasteiger partial charge in [-0.25, -0.2) is 4.79 Å². The molecule has 0 unspecified atom stereocenters. The second kappa shape index (κ2) is 12.1. The number of halogens is 3. The van der Waals surface area contributed by atoms with Crippen molar-refractivity contribution in [1.29, 1.82) is 0 Å². The second-order valence-corrected chi connectivity index (χ2v) is 9.80. The molecule has 4 aromatic rings. The third kappa shape index (κ3) is 8.85. The van der Waals surface area contributed by atoms with Crippen LogP contribution in [-0.2, 0) is 11.3 Å². The highest BCUT2D eigenvalue weighted by Gasteiger charge is 2.31. The maximum atomic E-state index is 12.5. The van der Waals surface area contributed by atoms with Gasteiger partial charge >= 0.3 is 12.5 Å². The van der Waals surface area contributed by atoms with E-state index in [4.69, 9.17) is 14.0 Å². The van der Waals surface area contributed by atoms with E-state index in [1.54, 1.807) is 45.2 Å². The third-order valence-corrected chi connectivity index (χ3v) is 5.29. The summed E-state index contributed by atoms with van der Waals surface area (Å²) in [4.78, 5) is 28.6. The van der Waals surface area contributed by atoms with Crippen LogP contribution in [0.15, 0.2) is 76.2 Å². The van der Waals surface area contributed by atoms with Gasteiger partial charge in [-0.3, -0.25) is 4.79 Å². The number of nitrogens with zero attached hydrogens (tertiary/aromatic N) is 3. The maximum Gasteiger partial charge on any atom is 0.573 e. The number of rotatable bonds is 9. The molecule has 1 amide bonds. The van der Waals surface area contributed by atoms with Crippen LogP contribution in [0.4, 0.5) is 18.0 Å². The zero-order chi connectivity index (χ0) is 29.6. The molecule has 0 bridgehead atoms. The molecule has 0 saturated heterocycles. The highest BCUT2D eigenvalue weighted by Crippen LogP contribution is 2.27. The van der Waals surface area contributed by atoms with Crippen molar-refractivity contribution in [2.75, 3.05) is 13.2 Å². The monoisotopic (exact) mass is 572 g/mol. The van der Waals surface area contributed by atoms with Crippen LogP contribution in [0.25, 0.3) is 22.8 Å². The van der Waals surface area contributed by atoms with Gasteiger partial charge in [0, 0.05) is 17.8 Å². The summed E-state index contributed by atoms with van der Waals surface area (Å²) in [5.41, 5.74) is 0.822. The maximum absolute atomic E-state index is 12.5. The molecule has 0 fully saturated rings. The quantitative estimate of drug-likeness (QED) is 0.265. The van der Waals surface area contributed by atoms with Gasteiger partial charge in [0.05, 0.1) is 18.7 Å². The Morgan fingerprint density at radius 3 is 2.44 bits per heavy atom. The molecule has 1 N–H and O–H groups in total. The molecule has 0 aliphatic rings. The molecule has 10 nitrogen and oxygen atoms in total. The lowest BCUT2D eigenvalue weighted by Gasteiger charge is -2.19. The molecule has 0 aliphatic carbocycles. The van der Waals surface area contributed by atoms with Gasteiger partial charge in [-0.1, -0.05) is 17.3 Å². The van der Waals surface area contributed by atoms with Crippen LogP contribution in [0, 0.1) is 0 Å². The summed E-state index contributed by atoms with van der Waals surface area (Å²) in [6.45, 7) is 6.02. The van der Waals surface area contributed by atoms with E-state index < -0.39 is 18.1 Å². The summed E-state index contributed by atoms with van der Waals surface area (Å²) in [5, 5.41) is 6.51. The lowest BCUT2D eigenvalue weighted by Crippen LogP contribution is -2.34. The highest BCUT2D eigenvalue weighted by atomic mass is 19.4. The van der Waals surface area contributed by atoms with E-state index >= 15 is 0 Å². The Morgan fingerprint density at radius 2 is 1.73 bits per heavy atom. The molecule has 4 rings (SSSR count). The van der Waals surface area contributed by atoms with Gasteiger partial charge in [-0.05, 0) is 68.8 Å². The predicted octanol–water partition coefficient (Wildman–Crippen LogP) is 5.42. The molecule has 0 atom stereocenters. The van der Waals surface area contributed by atoms with Gasteiger partial charge in [-0.15, -0.1) is 13.2 Å². The van der Waals surface area contributed by atoms with Gasteiger partial charge < -0.3 is 28.6 Å². The van der Waals surface area contributed by atoms with Crippen molar-refractivity contribution in [2.45, 2.75) is 39.3 Å². The van der Waals surface area contributed by atoms with E-state index in [0.717, 1.165) is 17.7 Å². The fourth-order valence-corrected chi connectivity index (χ4v) is 3.61. The van der Waals surface area contributed by atoms with Crippen LogP contribution in [0.2, 0.25) is 0 Å². The number of ether oxygens (including phenoxy) is 3. The summed E-state index contributed by atoms with van der Waals surface area (Å²) in [6.07, 6.45) is -3.76. The number of pyridine rings is 1. The van der Waals surface area contributed by atoms with Crippen molar-refractivity contribution in [2.24, 2.45) is 0 Å². The molecule has 2 heterocycles. The average molecular weight is 573 g/mol. The minimum atomic E-state index is -4.79. The molecule has 0 radical (unpaired) electrons. The first-order chi connectivity index (χ1) is 19.3. The lowest BCUT2D eigenvalue weighted by molar-refractivity contribution is -0.274. The third-order valence-electron chi connectivity index (χ3n) is 5.29. The normalized spacial score (nSPS) is 11.7. The first-order valence-corrected chi connectivity index (χ1v) is 12.4. The number of nitrogens with one attached hydrogen (secondary N) is 1. The van der Waals surface area contributed by atoms with Gasteiger partial charge in [0.25, 0.3) is 11.4 Å². The largest absolute Gasteiger partial charge is 0.573 e. The number of carbonyl (C=O) groups is 1. The fourth-order valence-electron chi connectivity index (χ4n) is 3.61.